The molecule has 0 fully saturated rings. The highest BCUT2D eigenvalue weighted by molar-refractivity contribution is 6.30. The first-order chi connectivity index (χ1) is 15.0. The Kier molecular flexibility index (Phi) is 8.10. The van der Waals surface area contributed by atoms with Gasteiger partial charge in [-0.25, -0.2) is 0 Å². The van der Waals surface area contributed by atoms with Crippen LogP contribution in [0.15, 0.2) is 78.9 Å². The molecular formula is C25H24Cl2N2O2. The van der Waals surface area contributed by atoms with Gasteiger partial charge >= 0.3 is 0 Å². The first kappa shape index (κ1) is 22.9. The van der Waals surface area contributed by atoms with E-state index in [2.05, 4.69) is 5.32 Å². The molecule has 0 saturated carbocycles. The number of amides is 2. The second kappa shape index (κ2) is 11.0. The van der Waals surface area contributed by atoms with Crippen LogP contribution in [-0.4, -0.2) is 23.3 Å². The average Bonchev–Trinajstić information content (AvgIpc) is 2.77. The van der Waals surface area contributed by atoms with Gasteiger partial charge in [0.25, 0.3) is 0 Å². The summed E-state index contributed by atoms with van der Waals surface area (Å²) < 4.78 is 0. The summed E-state index contributed by atoms with van der Waals surface area (Å²) in [5.74, 6) is -0.371. The molecule has 3 aromatic rings. The van der Waals surface area contributed by atoms with E-state index >= 15 is 0 Å². The molecule has 0 spiro atoms. The van der Waals surface area contributed by atoms with Crippen molar-refractivity contribution < 1.29 is 9.59 Å². The second-order valence-electron chi connectivity index (χ2n) is 7.16. The highest BCUT2D eigenvalue weighted by atomic mass is 35.5. The number of halogens is 2. The molecule has 0 saturated heterocycles. The first-order valence-electron chi connectivity index (χ1n) is 10.1. The Morgan fingerprint density at radius 3 is 1.94 bits per heavy atom. The maximum atomic E-state index is 13.5. The fraction of sp³-hybridized carbons (Fsp3) is 0.200. The fourth-order valence-corrected chi connectivity index (χ4v) is 3.62. The van der Waals surface area contributed by atoms with Gasteiger partial charge in [0.2, 0.25) is 11.8 Å². The molecule has 0 radical (unpaired) electrons. The molecular weight excluding hydrogens is 431 g/mol. The van der Waals surface area contributed by atoms with E-state index in [1.165, 1.54) is 0 Å². The normalized spacial score (nSPS) is 11.6. The van der Waals surface area contributed by atoms with Crippen LogP contribution in [0.25, 0.3) is 0 Å². The van der Waals surface area contributed by atoms with Gasteiger partial charge in [-0.3, -0.25) is 9.59 Å². The standard InChI is InChI=1S/C25H24Cl2N2O2/c1-2-28-25(31)24(20-6-4-3-5-7-20)29(17-19-10-14-22(27)15-11-19)23(30)16-18-8-12-21(26)13-9-18/h3-15,24H,2,16-17H2,1H3,(H,28,31)/t24-/m1/s1. The van der Waals surface area contributed by atoms with E-state index in [4.69, 9.17) is 23.2 Å². The number of likely N-dealkylation sites (N-methyl/N-ethyl adjacent to an activating group) is 1. The minimum absolute atomic E-state index is 0.155. The number of carbonyl (C=O) groups is 2. The molecule has 3 rings (SSSR count). The van der Waals surface area contributed by atoms with Gasteiger partial charge in [-0.1, -0.05) is 77.8 Å². The molecule has 4 nitrogen and oxygen atoms in total. The quantitative estimate of drug-likeness (QED) is 0.492. The van der Waals surface area contributed by atoms with Crippen molar-refractivity contribution in [2.45, 2.75) is 25.9 Å². The van der Waals surface area contributed by atoms with E-state index in [0.29, 0.717) is 16.6 Å². The number of rotatable bonds is 8. The molecule has 0 heterocycles. The Hall–Kier alpha value is -2.82. The Morgan fingerprint density at radius 1 is 0.839 bits per heavy atom. The molecule has 1 N–H and O–H groups in total. The highest BCUT2D eigenvalue weighted by Gasteiger charge is 2.31. The van der Waals surface area contributed by atoms with Gasteiger partial charge in [-0.2, -0.15) is 0 Å². The van der Waals surface area contributed by atoms with Gasteiger partial charge in [-0.05, 0) is 47.9 Å². The maximum Gasteiger partial charge on any atom is 0.247 e. The second-order valence-corrected chi connectivity index (χ2v) is 8.03. The lowest BCUT2D eigenvalue weighted by Crippen LogP contribution is -2.44. The topological polar surface area (TPSA) is 49.4 Å². The number of hydrogen-bond donors (Lipinski definition) is 1. The number of nitrogens with zero attached hydrogens (tertiary/aromatic N) is 1. The molecule has 0 aromatic heterocycles. The van der Waals surface area contributed by atoms with Crippen LogP contribution >= 0.6 is 23.2 Å². The molecule has 0 unspecified atom stereocenters. The van der Waals surface area contributed by atoms with Crippen molar-refractivity contribution in [3.63, 3.8) is 0 Å². The predicted octanol–water partition coefficient (Wildman–Crippen LogP) is 5.44. The summed E-state index contributed by atoms with van der Waals surface area (Å²) in [6.45, 7) is 2.61. The number of nitrogens with one attached hydrogen (secondary N) is 1. The molecule has 6 heteroatoms. The van der Waals surface area contributed by atoms with Crippen LogP contribution in [0.1, 0.15) is 29.7 Å². The highest BCUT2D eigenvalue weighted by Crippen LogP contribution is 2.25. The SMILES string of the molecule is CCNC(=O)[C@@H](c1ccccc1)N(Cc1ccc(Cl)cc1)C(=O)Cc1ccc(Cl)cc1. The smallest absolute Gasteiger partial charge is 0.247 e. The largest absolute Gasteiger partial charge is 0.354 e. The third-order valence-electron chi connectivity index (χ3n) is 4.88. The predicted molar refractivity (Wildman–Crippen MR) is 125 cm³/mol. The molecule has 160 valence electrons. The van der Waals surface area contributed by atoms with E-state index in [-0.39, 0.29) is 24.8 Å². The van der Waals surface area contributed by atoms with Crippen LogP contribution in [-0.2, 0) is 22.6 Å². The maximum absolute atomic E-state index is 13.5. The molecule has 31 heavy (non-hydrogen) atoms. The lowest BCUT2D eigenvalue weighted by atomic mass is 10.0. The van der Waals surface area contributed by atoms with E-state index in [1.807, 2.05) is 61.5 Å². The van der Waals surface area contributed by atoms with Crippen LogP contribution in [0.5, 0.6) is 0 Å². The van der Waals surface area contributed by atoms with Crippen molar-refractivity contribution in [3.8, 4) is 0 Å². The summed E-state index contributed by atoms with van der Waals surface area (Å²) in [6.07, 6.45) is 0.160. The minimum Gasteiger partial charge on any atom is -0.354 e. The van der Waals surface area contributed by atoms with E-state index in [0.717, 1.165) is 16.7 Å². The summed E-state index contributed by atoms with van der Waals surface area (Å²) in [7, 11) is 0. The summed E-state index contributed by atoms with van der Waals surface area (Å²) in [6, 6.07) is 23.0. The molecule has 0 aliphatic rings. The Bertz CT molecular complexity index is 1010. The summed E-state index contributed by atoms with van der Waals surface area (Å²) in [4.78, 5) is 28.2. The van der Waals surface area contributed by atoms with Gasteiger partial charge in [0.15, 0.2) is 0 Å². The molecule has 2 amide bonds. The Morgan fingerprint density at radius 2 is 1.39 bits per heavy atom. The summed E-state index contributed by atoms with van der Waals surface area (Å²) >= 11 is 12.0. The molecule has 0 aliphatic carbocycles. The van der Waals surface area contributed by atoms with Crippen molar-refractivity contribution in [2.75, 3.05) is 6.54 Å². The van der Waals surface area contributed by atoms with Gasteiger partial charge in [0.05, 0.1) is 6.42 Å². The van der Waals surface area contributed by atoms with Crippen molar-refractivity contribution in [1.29, 1.82) is 0 Å². The minimum atomic E-state index is -0.753. The van der Waals surface area contributed by atoms with E-state index in [9.17, 15) is 9.59 Å². The van der Waals surface area contributed by atoms with Crippen LogP contribution in [0, 0.1) is 0 Å². The lowest BCUT2D eigenvalue weighted by molar-refractivity contribution is -0.141. The van der Waals surface area contributed by atoms with E-state index < -0.39 is 6.04 Å². The van der Waals surface area contributed by atoms with Gasteiger partial charge in [0, 0.05) is 23.1 Å². The van der Waals surface area contributed by atoms with Crippen LogP contribution < -0.4 is 5.32 Å². The average molecular weight is 455 g/mol. The monoisotopic (exact) mass is 454 g/mol. The van der Waals surface area contributed by atoms with Crippen molar-refractivity contribution >= 4 is 35.0 Å². The van der Waals surface area contributed by atoms with Crippen LogP contribution in [0.2, 0.25) is 10.0 Å². The molecule has 0 bridgehead atoms. The molecule has 3 aromatic carbocycles. The van der Waals surface area contributed by atoms with Crippen molar-refractivity contribution in [1.82, 2.24) is 10.2 Å². The number of carbonyl (C=O) groups excluding carboxylic acids is 2. The zero-order valence-corrected chi connectivity index (χ0v) is 18.7. The van der Waals surface area contributed by atoms with Crippen molar-refractivity contribution in [2.24, 2.45) is 0 Å². The van der Waals surface area contributed by atoms with Gasteiger partial charge in [-0.15, -0.1) is 0 Å². The third kappa shape index (κ3) is 6.33. The Labute approximate surface area is 192 Å². The molecule has 1 atom stereocenters. The van der Waals surface area contributed by atoms with E-state index in [1.54, 1.807) is 29.2 Å². The zero-order valence-electron chi connectivity index (χ0n) is 17.2. The Balaban J connectivity index is 1.98. The van der Waals surface area contributed by atoms with Crippen LogP contribution in [0.4, 0.5) is 0 Å². The number of hydrogen-bond acceptors (Lipinski definition) is 2. The van der Waals surface area contributed by atoms with Crippen molar-refractivity contribution in [3.05, 3.63) is 106 Å². The molecule has 0 aliphatic heterocycles. The zero-order chi connectivity index (χ0) is 22.2. The fourth-order valence-electron chi connectivity index (χ4n) is 3.37. The third-order valence-corrected chi connectivity index (χ3v) is 5.39. The summed E-state index contributed by atoms with van der Waals surface area (Å²) in [5.41, 5.74) is 2.48. The van der Waals surface area contributed by atoms with Crippen LogP contribution in [0.3, 0.4) is 0 Å². The lowest BCUT2D eigenvalue weighted by Gasteiger charge is -2.31. The first-order valence-corrected chi connectivity index (χ1v) is 10.8. The van der Waals surface area contributed by atoms with Gasteiger partial charge in [0.1, 0.15) is 6.04 Å². The number of benzene rings is 3. The van der Waals surface area contributed by atoms with Gasteiger partial charge < -0.3 is 10.2 Å². The summed E-state index contributed by atoms with van der Waals surface area (Å²) in [5, 5.41) is 4.10.